The van der Waals surface area contributed by atoms with E-state index in [2.05, 4.69) is 9.97 Å². The molecule has 0 spiro atoms. The summed E-state index contributed by atoms with van der Waals surface area (Å²) in [5.41, 5.74) is 0.612. The maximum absolute atomic E-state index is 12.8. The van der Waals surface area contributed by atoms with Crippen molar-refractivity contribution < 1.29 is 9.59 Å². The number of hydrogen-bond donors (Lipinski definition) is 1. The summed E-state index contributed by atoms with van der Waals surface area (Å²) in [6.45, 7) is 4.62. The minimum atomic E-state index is -0.504. The standard InChI is InChI=1S/C15H20N4O3/c1-15(2)10(6-12(20)18(15)3)14(22)19-5-4-11-9(7-19)13(21)17-8-16-11/h8,10H,4-7H2,1-3H3,(H,16,17,21)/t10-/m1/s1. The number of carbonyl (C=O) groups is 2. The summed E-state index contributed by atoms with van der Waals surface area (Å²) in [6.07, 6.45) is 2.20. The van der Waals surface area contributed by atoms with Crippen molar-refractivity contribution in [3.05, 3.63) is 27.9 Å². The van der Waals surface area contributed by atoms with Gasteiger partial charge in [0.05, 0.1) is 30.0 Å². The van der Waals surface area contributed by atoms with Gasteiger partial charge in [0.15, 0.2) is 0 Å². The van der Waals surface area contributed by atoms with Crippen LogP contribution in [0.4, 0.5) is 0 Å². The fourth-order valence-corrected chi connectivity index (χ4v) is 3.27. The number of nitrogens with one attached hydrogen (secondary N) is 1. The highest BCUT2D eigenvalue weighted by Gasteiger charge is 2.49. The van der Waals surface area contributed by atoms with E-state index >= 15 is 0 Å². The van der Waals surface area contributed by atoms with Crippen molar-refractivity contribution in [2.45, 2.75) is 38.8 Å². The maximum Gasteiger partial charge on any atom is 0.255 e. The van der Waals surface area contributed by atoms with E-state index in [9.17, 15) is 14.4 Å². The third-order valence-corrected chi connectivity index (χ3v) is 5.09. The predicted molar refractivity (Wildman–Crippen MR) is 78.9 cm³/mol. The van der Waals surface area contributed by atoms with E-state index in [4.69, 9.17) is 0 Å². The summed E-state index contributed by atoms with van der Waals surface area (Å²) in [6, 6.07) is 0. The molecule has 3 rings (SSSR count). The van der Waals surface area contributed by atoms with Crippen LogP contribution < -0.4 is 5.56 Å². The second-order valence-corrected chi connectivity index (χ2v) is 6.53. The Morgan fingerprint density at radius 3 is 2.77 bits per heavy atom. The highest BCUT2D eigenvalue weighted by molar-refractivity contribution is 5.91. The highest BCUT2D eigenvalue weighted by Crippen LogP contribution is 2.36. The molecular weight excluding hydrogens is 284 g/mol. The van der Waals surface area contributed by atoms with Gasteiger partial charge in [0.25, 0.3) is 5.56 Å². The van der Waals surface area contributed by atoms with Gasteiger partial charge in [0.2, 0.25) is 11.8 Å². The molecule has 7 nitrogen and oxygen atoms in total. The first-order valence-electron chi connectivity index (χ1n) is 7.43. The molecule has 0 radical (unpaired) electrons. The first kappa shape index (κ1) is 14.7. The van der Waals surface area contributed by atoms with Crippen LogP contribution in [0.2, 0.25) is 0 Å². The smallest absolute Gasteiger partial charge is 0.255 e. The lowest BCUT2D eigenvalue weighted by Crippen LogP contribution is -2.49. The van der Waals surface area contributed by atoms with Gasteiger partial charge in [-0.1, -0.05) is 0 Å². The minimum absolute atomic E-state index is 0.0136. The van der Waals surface area contributed by atoms with Crippen molar-refractivity contribution in [3.63, 3.8) is 0 Å². The van der Waals surface area contributed by atoms with Gasteiger partial charge in [0.1, 0.15) is 0 Å². The van der Waals surface area contributed by atoms with Crippen LogP contribution in [0.15, 0.2) is 11.1 Å². The van der Waals surface area contributed by atoms with Crippen molar-refractivity contribution in [1.29, 1.82) is 0 Å². The van der Waals surface area contributed by atoms with E-state index < -0.39 is 5.54 Å². The summed E-state index contributed by atoms with van der Waals surface area (Å²) < 4.78 is 0. The molecule has 118 valence electrons. The number of nitrogens with zero attached hydrogens (tertiary/aromatic N) is 3. The Balaban J connectivity index is 1.85. The molecule has 2 aliphatic rings. The normalized spacial score (nSPS) is 23.6. The van der Waals surface area contributed by atoms with Crippen LogP contribution in [0.3, 0.4) is 0 Å². The van der Waals surface area contributed by atoms with Gasteiger partial charge in [0, 0.05) is 32.0 Å². The molecule has 7 heteroatoms. The van der Waals surface area contributed by atoms with Gasteiger partial charge in [-0.05, 0) is 13.8 Å². The zero-order chi connectivity index (χ0) is 16.1. The van der Waals surface area contributed by atoms with Gasteiger partial charge in [-0.3, -0.25) is 14.4 Å². The van der Waals surface area contributed by atoms with Gasteiger partial charge < -0.3 is 14.8 Å². The van der Waals surface area contributed by atoms with Crippen LogP contribution in [0.1, 0.15) is 31.5 Å². The van der Waals surface area contributed by atoms with E-state index in [0.29, 0.717) is 18.5 Å². The van der Waals surface area contributed by atoms with Gasteiger partial charge >= 0.3 is 0 Å². The molecule has 0 bridgehead atoms. The van der Waals surface area contributed by atoms with Crippen molar-refractivity contribution in [1.82, 2.24) is 19.8 Å². The second kappa shape index (κ2) is 4.93. The Morgan fingerprint density at radius 1 is 1.41 bits per heavy atom. The minimum Gasteiger partial charge on any atom is -0.340 e. The number of aromatic amines is 1. The Morgan fingerprint density at radius 2 is 2.14 bits per heavy atom. The van der Waals surface area contributed by atoms with Gasteiger partial charge in [-0.15, -0.1) is 0 Å². The average Bonchev–Trinajstić information content (AvgIpc) is 2.70. The third-order valence-electron chi connectivity index (χ3n) is 5.09. The summed E-state index contributed by atoms with van der Waals surface area (Å²) >= 11 is 0. The van der Waals surface area contributed by atoms with E-state index in [1.54, 1.807) is 16.8 Å². The molecule has 0 unspecified atom stereocenters. The Hall–Kier alpha value is -2.18. The number of carbonyl (C=O) groups excluding carboxylic acids is 2. The van der Waals surface area contributed by atoms with Gasteiger partial charge in [-0.2, -0.15) is 0 Å². The van der Waals surface area contributed by atoms with Crippen molar-refractivity contribution in [2.75, 3.05) is 13.6 Å². The van der Waals surface area contributed by atoms with E-state index in [1.165, 1.54) is 6.33 Å². The van der Waals surface area contributed by atoms with E-state index in [-0.39, 0.29) is 36.3 Å². The molecule has 0 aliphatic carbocycles. The summed E-state index contributed by atoms with van der Waals surface area (Å²) in [5, 5.41) is 0. The number of H-pyrrole nitrogens is 1. The lowest BCUT2D eigenvalue weighted by Gasteiger charge is -2.36. The largest absolute Gasteiger partial charge is 0.340 e. The number of amides is 2. The SMILES string of the molecule is CN1C(=O)C[C@H](C(=O)N2CCc3nc[nH]c(=O)c3C2)C1(C)C. The van der Waals surface area contributed by atoms with Crippen LogP contribution in [0.25, 0.3) is 0 Å². The number of hydrogen-bond acceptors (Lipinski definition) is 4. The zero-order valence-corrected chi connectivity index (χ0v) is 13.0. The molecule has 2 amide bonds. The molecule has 1 N–H and O–H groups in total. The van der Waals surface area contributed by atoms with Crippen molar-refractivity contribution in [2.24, 2.45) is 5.92 Å². The van der Waals surface area contributed by atoms with Crippen molar-refractivity contribution >= 4 is 11.8 Å². The molecule has 1 fully saturated rings. The molecule has 22 heavy (non-hydrogen) atoms. The quantitative estimate of drug-likeness (QED) is 0.786. The molecule has 2 aliphatic heterocycles. The van der Waals surface area contributed by atoms with Crippen LogP contribution in [-0.4, -0.2) is 50.7 Å². The topological polar surface area (TPSA) is 86.4 Å². The summed E-state index contributed by atoms with van der Waals surface area (Å²) in [4.78, 5) is 46.7. The summed E-state index contributed by atoms with van der Waals surface area (Å²) in [7, 11) is 1.73. The Kier molecular flexibility index (Phi) is 3.30. The van der Waals surface area contributed by atoms with Gasteiger partial charge in [-0.25, -0.2) is 4.98 Å². The molecular formula is C15H20N4O3. The Labute approximate surface area is 128 Å². The third kappa shape index (κ3) is 2.12. The average molecular weight is 304 g/mol. The van der Waals surface area contributed by atoms with E-state index in [0.717, 1.165) is 5.69 Å². The van der Waals surface area contributed by atoms with E-state index in [1.807, 2.05) is 13.8 Å². The highest BCUT2D eigenvalue weighted by atomic mass is 16.2. The number of aromatic nitrogens is 2. The van der Waals surface area contributed by atoms with Crippen LogP contribution in [-0.2, 0) is 22.6 Å². The lowest BCUT2D eigenvalue weighted by atomic mass is 9.86. The fourth-order valence-electron chi connectivity index (χ4n) is 3.27. The first-order valence-corrected chi connectivity index (χ1v) is 7.43. The molecule has 3 heterocycles. The zero-order valence-electron chi connectivity index (χ0n) is 13.0. The van der Waals surface area contributed by atoms with Crippen LogP contribution >= 0.6 is 0 Å². The van der Waals surface area contributed by atoms with Crippen LogP contribution in [0, 0.1) is 5.92 Å². The Bertz CT molecular complexity index is 694. The molecule has 0 aromatic carbocycles. The molecule has 1 aromatic rings. The monoisotopic (exact) mass is 304 g/mol. The fraction of sp³-hybridized carbons (Fsp3) is 0.600. The predicted octanol–water partition coefficient (Wildman–Crippen LogP) is -0.0885. The number of likely N-dealkylation sites (tertiary alicyclic amines) is 1. The molecule has 1 aromatic heterocycles. The molecule has 1 atom stereocenters. The number of rotatable bonds is 1. The second-order valence-electron chi connectivity index (χ2n) is 6.53. The lowest BCUT2D eigenvalue weighted by molar-refractivity contribution is -0.138. The maximum atomic E-state index is 12.8. The molecule has 1 saturated heterocycles. The molecule has 0 saturated carbocycles. The summed E-state index contributed by atoms with van der Waals surface area (Å²) in [5.74, 6) is -0.445. The van der Waals surface area contributed by atoms with Crippen molar-refractivity contribution in [3.8, 4) is 0 Å². The number of fused-ring (bicyclic) bond motifs is 1. The first-order chi connectivity index (χ1) is 10.3. The van der Waals surface area contributed by atoms with Crippen LogP contribution in [0.5, 0.6) is 0 Å².